The van der Waals surface area contributed by atoms with Crippen molar-refractivity contribution < 1.29 is 9.13 Å². The molecule has 1 aromatic carbocycles. The summed E-state index contributed by atoms with van der Waals surface area (Å²) in [5.74, 6) is 0.807. The van der Waals surface area contributed by atoms with Crippen LogP contribution in [-0.4, -0.2) is 27.9 Å². The first-order chi connectivity index (χ1) is 12.2. The van der Waals surface area contributed by atoms with Crippen LogP contribution in [0.15, 0.2) is 53.9 Å². The molecule has 0 amide bonds. The molecule has 1 aliphatic rings. The minimum atomic E-state index is -0.505. The molecule has 1 aliphatic heterocycles. The molecule has 3 heterocycles. The Bertz CT molecular complexity index is 996. The van der Waals surface area contributed by atoms with Crippen molar-refractivity contribution in [1.29, 1.82) is 0 Å². The van der Waals surface area contributed by atoms with Crippen LogP contribution >= 0.6 is 0 Å². The monoisotopic (exact) mass is 338 g/mol. The van der Waals surface area contributed by atoms with E-state index in [9.17, 15) is 4.39 Å². The van der Waals surface area contributed by atoms with Crippen LogP contribution in [0.5, 0.6) is 5.75 Å². The van der Waals surface area contributed by atoms with Gasteiger partial charge in [0, 0.05) is 24.2 Å². The first-order valence-electron chi connectivity index (χ1n) is 7.59. The van der Waals surface area contributed by atoms with E-state index in [4.69, 9.17) is 10.5 Å². The number of ether oxygens (including phenoxy) is 1. The third-order valence-corrected chi connectivity index (χ3v) is 3.94. The fourth-order valence-electron chi connectivity index (χ4n) is 2.78. The van der Waals surface area contributed by atoms with Crippen molar-refractivity contribution in [2.24, 2.45) is 4.99 Å². The molecule has 0 radical (unpaired) electrons. The highest BCUT2D eigenvalue weighted by molar-refractivity contribution is 5.75. The maximum atomic E-state index is 13.8. The Morgan fingerprint density at radius 3 is 3.00 bits per heavy atom. The molecule has 0 saturated carbocycles. The SMILES string of the molecule is COc1ccc(F)cc1[C@@H]1N=CC=CN1c1ccn2ncc(N)c2n1. The van der Waals surface area contributed by atoms with Crippen LogP contribution in [0.3, 0.4) is 0 Å². The van der Waals surface area contributed by atoms with Gasteiger partial charge in [0.1, 0.15) is 17.4 Å². The zero-order valence-corrected chi connectivity index (χ0v) is 13.4. The molecule has 0 aliphatic carbocycles. The third kappa shape index (κ3) is 2.57. The van der Waals surface area contributed by atoms with E-state index >= 15 is 0 Å². The topological polar surface area (TPSA) is 81.0 Å². The molecule has 2 N–H and O–H groups in total. The molecule has 2 aromatic heterocycles. The van der Waals surface area contributed by atoms with E-state index in [1.165, 1.54) is 12.1 Å². The molecule has 7 nitrogen and oxygen atoms in total. The molecule has 8 heteroatoms. The van der Waals surface area contributed by atoms with Crippen LogP contribution in [0.4, 0.5) is 15.9 Å². The summed E-state index contributed by atoms with van der Waals surface area (Å²) in [4.78, 5) is 10.8. The first-order valence-corrected chi connectivity index (χ1v) is 7.59. The lowest BCUT2D eigenvalue weighted by Crippen LogP contribution is -2.25. The normalized spacial score (nSPS) is 16.6. The number of hydrogen-bond donors (Lipinski definition) is 1. The summed E-state index contributed by atoms with van der Waals surface area (Å²) in [7, 11) is 1.54. The van der Waals surface area contributed by atoms with E-state index in [1.807, 2.05) is 11.1 Å². The summed E-state index contributed by atoms with van der Waals surface area (Å²) >= 11 is 0. The number of nitrogen functional groups attached to an aromatic ring is 1. The number of hydrogen-bond acceptors (Lipinski definition) is 6. The van der Waals surface area contributed by atoms with E-state index in [-0.39, 0.29) is 5.82 Å². The van der Waals surface area contributed by atoms with Crippen LogP contribution in [0.2, 0.25) is 0 Å². The molecule has 126 valence electrons. The van der Waals surface area contributed by atoms with Crippen LogP contribution in [0.1, 0.15) is 11.7 Å². The van der Waals surface area contributed by atoms with Crippen molar-refractivity contribution in [3.05, 3.63) is 60.3 Å². The zero-order valence-electron chi connectivity index (χ0n) is 13.4. The lowest BCUT2D eigenvalue weighted by molar-refractivity contribution is 0.404. The van der Waals surface area contributed by atoms with Gasteiger partial charge in [-0.3, -0.25) is 4.99 Å². The Balaban J connectivity index is 1.82. The van der Waals surface area contributed by atoms with E-state index in [2.05, 4.69) is 15.1 Å². The number of fused-ring (bicyclic) bond motifs is 1. The smallest absolute Gasteiger partial charge is 0.180 e. The van der Waals surface area contributed by atoms with Crippen molar-refractivity contribution in [3.63, 3.8) is 0 Å². The lowest BCUT2D eigenvalue weighted by atomic mass is 10.1. The summed E-state index contributed by atoms with van der Waals surface area (Å²) in [6, 6.07) is 6.15. The van der Waals surface area contributed by atoms with Gasteiger partial charge in [0.05, 0.1) is 19.0 Å². The maximum absolute atomic E-state index is 13.8. The van der Waals surface area contributed by atoms with Gasteiger partial charge in [0.15, 0.2) is 11.8 Å². The molecule has 0 spiro atoms. The summed E-state index contributed by atoms with van der Waals surface area (Å²) in [6.07, 6.45) is 8.08. The highest BCUT2D eigenvalue weighted by atomic mass is 19.1. The van der Waals surface area contributed by atoms with Crippen molar-refractivity contribution in [2.45, 2.75) is 6.17 Å². The molecule has 3 aromatic rings. The Morgan fingerprint density at radius 1 is 1.28 bits per heavy atom. The molecule has 0 fully saturated rings. The van der Waals surface area contributed by atoms with Crippen molar-refractivity contribution in [1.82, 2.24) is 14.6 Å². The molecular weight excluding hydrogens is 323 g/mol. The van der Waals surface area contributed by atoms with Gasteiger partial charge in [-0.2, -0.15) is 5.10 Å². The maximum Gasteiger partial charge on any atom is 0.180 e. The summed E-state index contributed by atoms with van der Waals surface area (Å²) in [5.41, 5.74) is 7.53. The Labute approximate surface area is 142 Å². The van der Waals surface area contributed by atoms with Crippen molar-refractivity contribution in [3.8, 4) is 5.75 Å². The number of rotatable bonds is 3. The Hall–Kier alpha value is -3.42. The summed E-state index contributed by atoms with van der Waals surface area (Å²) in [5, 5.41) is 4.11. The predicted molar refractivity (Wildman–Crippen MR) is 93.2 cm³/mol. The highest BCUT2D eigenvalue weighted by Gasteiger charge is 2.25. The lowest BCUT2D eigenvalue weighted by Gasteiger charge is -2.29. The van der Waals surface area contributed by atoms with Gasteiger partial charge in [-0.05, 0) is 30.3 Å². The number of benzene rings is 1. The molecule has 4 rings (SSSR count). The van der Waals surface area contributed by atoms with Crippen LogP contribution in [0.25, 0.3) is 5.65 Å². The minimum absolute atomic E-state index is 0.357. The van der Waals surface area contributed by atoms with Gasteiger partial charge in [-0.1, -0.05) is 0 Å². The third-order valence-electron chi connectivity index (χ3n) is 3.94. The quantitative estimate of drug-likeness (QED) is 0.794. The molecule has 0 unspecified atom stereocenters. The average Bonchev–Trinajstić information content (AvgIpc) is 3.02. The molecular formula is C17H15FN6O. The predicted octanol–water partition coefficient (Wildman–Crippen LogP) is 2.56. The number of nitrogens with zero attached hydrogens (tertiary/aromatic N) is 5. The second kappa shape index (κ2) is 5.90. The van der Waals surface area contributed by atoms with Gasteiger partial charge in [0.25, 0.3) is 0 Å². The van der Waals surface area contributed by atoms with Crippen LogP contribution in [0, 0.1) is 5.82 Å². The number of aromatic nitrogens is 3. The van der Waals surface area contributed by atoms with E-state index in [0.29, 0.717) is 28.5 Å². The number of methoxy groups -OCH3 is 1. The van der Waals surface area contributed by atoms with Gasteiger partial charge in [-0.25, -0.2) is 13.9 Å². The molecule has 1 atom stereocenters. The standard InChI is InChI=1S/C17H15FN6O/c1-25-14-4-3-11(18)9-12(14)16-20-6-2-7-23(16)15-5-8-24-17(22-15)13(19)10-21-24/h2-10,16H,19H2,1H3/t16-/m1/s1. The number of aliphatic imine (C=N–C) groups is 1. The van der Waals surface area contributed by atoms with E-state index in [1.54, 1.807) is 48.4 Å². The van der Waals surface area contributed by atoms with Crippen molar-refractivity contribution >= 4 is 23.4 Å². The number of allylic oxidation sites excluding steroid dienone is 1. The van der Waals surface area contributed by atoms with E-state index < -0.39 is 6.17 Å². The second-order valence-corrected chi connectivity index (χ2v) is 5.46. The average molecular weight is 338 g/mol. The van der Waals surface area contributed by atoms with Crippen LogP contribution < -0.4 is 15.4 Å². The number of nitrogens with two attached hydrogens (primary N) is 1. The summed E-state index contributed by atoms with van der Waals surface area (Å²) < 4.78 is 20.8. The molecule has 25 heavy (non-hydrogen) atoms. The highest BCUT2D eigenvalue weighted by Crippen LogP contribution is 2.35. The molecule has 0 bridgehead atoms. The Kier molecular flexibility index (Phi) is 3.57. The van der Waals surface area contributed by atoms with Gasteiger partial charge >= 0.3 is 0 Å². The van der Waals surface area contributed by atoms with Crippen LogP contribution in [-0.2, 0) is 0 Å². The van der Waals surface area contributed by atoms with E-state index in [0.717, 1.165) is 0 Å². The Morgan fingerprint density at radius 2 is 2.16 bits per heavy atom. The van der Waals surface area contributed by atoms with Gasteiger partial charge in [0.2, 0.25) is 0 Å². The minimum Gasteiger partial charge on any atom is -0.496 e. The first kappa shape index (κ1) is 15.1. The fraction of sp³-hybridized carbons (Fsp3) is 0.118. The fourth-order valence-corrected chi connectivity index (χ4v) is 2.78. The zero-order chi connectivity index (χ0) is 17.4. The number of anilines is 2. The largest absolute Gasteiger partial charge is 0.496 e. The van der Waals surface area contributed by atoms with Gasteiger partial charge in [-0.15, -0.1) is 0 Å². The summed E-state index contributed by atoms with van der Waals surface area (Å²) in [6.45, 7) is 0. The van der Waals surface area contributed by atoms with Gasteiger partial charge < -0.3 is 15.4 Å². The van der Waals surface area contributed by atoms with Crippen molar-refractivity contribution in [2.75, 3.05) is 17.7 Å². The molecule has 0 saturated heterocycles. The number of halogens is 1. The second-order valence-electron chi connectivity index (χ2n) is 5.46.